The molecular weight excluding hydrogens is 204 g/mol. The van der Waals surface area contributed by atoms with E-state index in [0.717, 1.165) is 18.2 Å². The molecule has 0 aliphatic carbocycles. The number of halogens is 2. The summed E-state index contributed by atoms with van der Waals surface area (Å²) < 4.78 is 30.8. The Hall–Kier alpha value is -1.65. The number of carbonyl (C=O) groups is 1. The van der Waals surface area contributed by atoms with Crippen LogP contribution in [0.5, 0.6) is 5.75 Å². The normalized spacial score (nSPS) is 12.2. The molecular formula is C10H11F2NO2. The lowest BCUT2D eigenvalue weighted by molar-refractivity contribution is -0.124. The summed E-state index contributed by atoms with van der Waals surface area (Å²) in [6, 6.07) is 2.77. The molecule has 1 amide bonds. The van der Waals surface area contributed by atoms with E-state index in [-0.39, 0.29) is 5.75 Å². The van der Waals surface area contributed by atoms with Gasteiger partial charge < -0.3 is 10.5 Å². The first kappa shape index (κ1) is 11.4. The first-order valence-electron chi connectivity index (χ1n) is 4.45. The Labute approximate surface area is 85.8 Å². The number of hydrogen-bond donors (Lipinski definition) is 1. The molecule has 1 aromatic rings. The largest absolute Gasteiger partial charge is 0.477 e. The molecule has 0 saturated carbocycles. The fourth-order valence-electron chi connectivity index (χ4n) is 1.06. The predicted molar refractivity (Wildman–Crippen MR) is 50.3 cm³/mol. The Balaban J connectivity index is 2.87. The van der Waals surface area contributed by atoms with Crippen molar-refractivity contribution >= 4 is 5.91 Å². The molecule has 0 saturated heterocycles. The molecule has 1 atom stereocenters. The average Bonchev–Trinajstić information content (AvgIpc) is 2.18. The van der Waals surface area contributed by atoms with Crippen molar-refractivity contribution in [3.8, 4) is 5.75 Å². The summed E-state index contributed by atoms with van der Waals surface area (Å²) in [7, 11) is 0. The monoisotopic (exact) mass is 215 g/mol. The van der Waals surface area contributed by atoms with Crippen LogP contribution in [-0.2, 0) is 4.79 Å². The molecule has 0 aromatic heterocycles. The van der Waals surface area contributed by atoms with E-state index in [1.54, 1.807) is 6.92 Å². The van der Waals surface area contributed by atoms with Crippen LogP contribution in [-0.4, -0.2) is 12.0 Å². The summed E-state index contributed by atoms with van der Waals surface area (Å²) in [5, 5.41) is 0. The molecule has 0 heterocycles. The summed E-state index contributed by atoms with van der Waals surface area (Å²) in [6.07, 6.45) is -0.646. The van der Waals surface area contributed by atoms with Crippen molar-refractivity contribution in [2.24, 2.45) is 5.73 Å². The summed E-state index contributed by atoms with van der Waals surface area (Å²) in [4.78, 5) is 10.8. The third kappa shape index (κ3) is 2.90. The standard InChI is InChI=1S/C10H11F2NO2/c1-2-8(10(13)14)15-9-5-6(11)3-4-7(9)12/h3-5,8H,2H2,1H3,(H2,13,14). The lowest BCUT2D eigenvalue weighted by atomic mass is 10.2. The van der Waals surface area contributed by atoms with Gasteiger partial charge in [-0.15, -0.1) is 0 Å². The van der Waals surface area contributed by atoms with Crippen LogP contribution in [0.4, 0.5) is 8.78 Å². The van der Waals surface area contributed by atoms with Crippen LogP contribution in [0.2, 0.25) is 0 Å². The van der Waals surface area contributed by atoms with Gasteiger partial charge in [-0.25, -0.2) is 8.78 Å². The zero-order valence-corrected chi connectivity index (χ0v) is 8.17. The molecule has 15 heavy (non-hydrogen) atoms. The van der Waals surface area contributed by atoms with Crippen LogP contribution in [0.25, 0.3) is 0 Å². The second-order valence-corrected chi connectivity index (χ2v) is 2.99. The van der Waals surface area contributed by atoms with Crippen molar-refractivity contribution in [1.82, 2.24) is 0 Å². The number of nitrogens with two attached hydrogens (primary N) is 1. The summed E-state index contributed by atoms with van der Waals surface area (Å²) in [6.45, 7) is 1.66. The Morgan fingerprint density at radius 2 is 2.20 bits per heavy atom. The Morgan fingerprint density at radius 3 is 2.73 bits per heavy atom. The quantitative estimate of drug-likeness (QED) is 0.829. The van der Waals surface area contributed by atoms with Crippen molar-refractivity contribution in [2.45, 2.75) is 19.4 Å². The van der Waals surface area contributed by atoms with E-state index < -0.39 is 23.6 Å². The van der Waals surface area contributed by atoms with Gasteiger partial charge >= 0.3 is 0 Å². The molecule has 0 bridgehead atoms. The highest BCUT2D eigenvalue weighted by molar-refractivity contribution is 5.79. The smallest absolute Gasteiger partial charge is 0.258 e. The van der Waals surface area contributed by atoms with Gasteiger partial charge in [0, 0.05) is 6.07 Å². The number of hydrogen-bond acceptors (Lipinski definition) is 2. The fourth-order valence-corrected chi connectivity index (χ4v) is 1.06. The molecule has 0 fully saturated rings. The van der Waals surface area contributed by atoms with Crippen molar-refractivity contribution in [2.75, 3.05) is 0 Å². The maximum Gasteiger partial charge on any atom is 0.258 e. The zero-order valence-electron chi connectivity index (χ0n) is 8.17. The molecule has 0 aliphatic heterocycles. The van der Waals surface area contributed by atoms with E-state index in [4.69, 9.17) is 10.5 Å². The van der Waals surface area contributed by atoms with E-state index in [2.05, 4.69) is 0 Å². The maximum absolute atomic E-state index is 13.1. The molecule has 5 heteroatoms. The molecule has 0 radical (unpaired) electrons. The average molecular weight is 215 g/mol. The molecule has 0 aliphatic rings. The molecule has 1 unspecified atom stereocenters. The molecule has 3 nitrogen and oxygen atoms in total. The van der Waals surface area contributed by atoms with Gasteiger partial charge in [0.15, 0.2) is 17.7 Å². The van der Waals surface area contributed by atoms with E-state index >= 15 is 0 Å². The van der Waals surface area contributed by atoms with Crippen molar-refractivity contribution in [1.29, 1.82) is 0 Å². The number of carbonyl (C=O) groups excluding carboxylic acids is 1. The number of benzene rings is 1. The minimum atomic E-state index is -0.943. The third-order valence-electron chi connectivity index (χ3n) is 1.85. The van der Waals surface area contributed by atoms with Crippen molar-refractivity contribution < 1.29 is 18.3 Å². The van der Waals surface area contributed by atoms with Crippen molar-refractivity contribution in [3.05, 3.63) is 29.8 Å². The number of amides is 1. The Kier molecular flexibility index (Phi) is 3.60. The second-order valence-electron chi connectivity index (χ2n) is 2.99. The minimum Gasteiger partial charge on any atom is -0.477 e. The first-order valence-corrected chi connectivity index (χ1v) is 4.45. The van der Waals surface area contributed by atoms with Crippen LogP contribution < -0.4 is 10.5 Å². The number of primary amides is 1. The van der Waals surface area contributed by atoms with Gasteiger partial charge in [0.25, 0.3) is 5.91 Å². The minimum absolute atomic E-state index is 0.297. The lowest BCUT2D eigenvalue weighted by Gasteiger charge is -2.14. The van der Waals surface area contributed by atoms with Gasteiger partial charge in [0.05, 0.1) is 0 Å². The van der Waals surface area contributed by atoms with Crippen LogP contribution >= 0.6 is 0 Å². The molecule has 0 spiro atoms. The topological polar surface area (TPSA) is 52.3 Å². The highest BCUT2D eigenvalue weighted by Gasteiger charge is 2.17. The Morgan fingerprint density at radius 1 is 1.53 bits per heavy atom. The molecule has 82 valence electrons. The fraction of sp³-hybridized carbons (Fsp3) is 0.300. The lowest BCUT2D eigenvalue weighted by Crippen LogP contribution is -2.33. The molecule has 1 rings (SSSR count). The van der Waals surface area contributed by atoms with Gasteiger partial charge in [-0.1, -0.05) is 6.92 Å². The number of ether oxygens (including phenoxy) is 1. The summed E-state index contributed by atoms with van der Waals surface area (Å²) in [5.74, 6) is -2.37. The van der Waals surface area contributed by atoms with E-state index in [1.165, 1.54) is 0 Å². The van der Waals surface area contributed by atoms with Crippen LogP contribution in [0, 0.1) is 11.6 Å². The van der Waals surface area contributed by atoms with E-state index in [1.807, 2.05) is 0 Å². The number of rotatable bonds is 4. The third-order valence-corrected chi connectivity index (χ3v) is 1.85. The maximum atomic E-state index is 13.1. The van der Waals surface area contributed by atoms with Gasteiger partial charge in [0.2, 0.25) is 0 Å². The summed E-state index contributed by atoms with van der Waals surface area (Å²) >= 11 is 0. The predicted octanol–water partition coefficient (Wildman–Crippen LogP) is 1.61. The van der Waals surface area contributed by atoms with Crippen LogP contribution in [0.15, 0.2) is 18.2 Å². The van der Waals surface area contributed by atoms with E-state index in [0.29, 0.717) is 6.42 Å². The van der Waals surface area contributed by atoms with Gasteiger partial charge in [0.1, 0.15) is 5.82 Å². The van der Waals surface area contributed by atoms with Gasteiger partial charge in [-0.2, -0.15) is 0 Å². The first-order chi connectivity index (χ1) is 7.04. The SMILES string of the molecule is CCC(Oc1cc(F)ccc1F)C(N)=O. The van der Waals surface area contributed by atoms with Crippen LogP contribution in [0.1, 0.15) is 13.3 Å². The van der Waals surface area contributed by atoms with Crippen LogP contribution in [0.3, 0.4) is 0 Å². The second kappa shape index (κ2) is 4.72. The Bertz CT molecular complexity index is 368. The molecule has 2 N–H and O–H groups in total. The summed E-state index contributed by atoms with van der Waals surface area (Å²) in [5.41, 5.74) is 5.00. The van der Waals surface area contributed by atoms with E-state index in [9.17, 15) is 13.6 Å². The van der Waals surface area contributed by atoms with Crippen molar-refractivity contribution in [3.63, 3.8) is 0 Å². The van der Waals surface area contributed by atoms with Gasteiger partial charge in [-0.3, -0.25) is 4.79 Å². The zero-order chi connectivity index (χ0) is 11.4. The van der Waals surface area contributed by atoms with Gasteiger partial charge in [-0.05, 0) is 18.6 Å². The highest BCUT2D eigenvalue weighted by Crippen LogP contribution is 2.19. The highest BCUT2D eigenvalue weighted by atomic mass is 19.1. The molecule has 1 aromatic carbocycles.